The van der Waals surface area contributed by atoms with Crippen molar-refractivity contribution < 1.29 is 18.8 Å². The van der Waals surface area contributed by atoms with Gasteiger partial charge >= 0.3 is 7.12 Å². The molecule has 4 nitrogen and oxygen atoms in total. The van der Waals surface area contributed by atoms with Crippen LogP contribution in [0.4, 0.5) is 0 Å². The molecule has 3 rings (SSSR count). The zero-order valence-electron chi connectivity index (χ0n) is 15.3. The topological polar surface area (TPSA) is 36.9 Å². The fraction of sp³-hybridized carbons (Fsp3) is 0.667. The second-order valence-electron chi connectivity index (χ2n) is 7.87. The van der Waals surface area contributed by atoms with Crippen LogP contribution in [-0.2, 0) is 14.0 Å². The van der Waals surface area contributed by atoms with E-state index >= 15 is 0 Å². The number of hydrogen-bond acceptors (Lipinski definition) is 4. The number of benzene rings is 1. The molecule has 6 heteroatoms. The molecule has 1 aliphatic carbocycles. The molecule has 2 aliphatic rings. The highest BCUT2D eigenvalue weighted by atomic mass is 35.5. The van der Waals surface area contributed by atoms with Gasteiger partial charge < -0.3 is 18.8 Å². The van der Waals surface area contributed by atoms with E-state index in [0.29, 0.717) is 22.6 Å². The molecule has 1 aromatic rings. The van der Waals surface area contributed by atoms with Crippen LogP contribution in [0.15, 0.2) is 12.1 Å². The van der Waals surface area contributed by atoms with Crippen molar-refractivity contribution in [2.24, 2.45) is 5.92 Å². The van der Waals surface area contributed by atoms with Crippen molar-refractivity contribution in [1.29, 1.82) is 0 Å². The number of ether oxygens (including phenoxy) is 2. The van der Waals surface area contributed by atoms with Crippen LogP contribution in [0.3, 0.4) is 0 Å². The van der Waals surface area contributed by atoms with Crippen molar-refractivity contribution in [3.05, 3.63) is 22.7 Å². The lowest BCUT2D eigenvalue weighted by Crippen LogP contribution is -2.41. The summed E-state index contributed by atoms with van der Waals surface area (Å²) in [4.78, 5) is 0. The van der Waals surface area contributed by atoms with Crippen LogP contribution in [0, 0.1) is 5.92 Å². The summed E-state index contributed by atoms with van der Waals surface area (Å²) < 4.78 is 23.1. The van der Waals surface area contributed by atoms with Crippen LogP contribution in [0.2, 0.25) is 5.02 Å². The molecular formula is C18H26BClO4. The van der Waals surface area contributed by atoms with Gasteiger partial charge in [0, 0.05) is 12.1 Å². The molecule has 2 atom stereocenters. The molecule has 1 saturated heterocycles. The van der Waals surface area contributed by atoms with Crippen molar-refractivity contribution in [1.82, 2.24) is 0 Å². The van der Waals surface area contributed by atoms with Gasteiger partial charge in [0.05, 0.1) is 11.2 Å². The van der Waals surface area contributed by atoms with Crippen LogP contribution >= 0.6 is 11.6 Å². The van der Waals surface area contributed by atoms with Crippen molar-refractivity contribution in [3.63, 3.8) is 0 Å². The van der Waals surface area contributed by atoms with Crippen LogP contribution in [0.5, 0.6) is 5.75 Å². The second kappa shape index (κ2) is 6.20. The third-order valence-corrected chi connectivity index (χ3v) is 5.78. The van der Waals surface area contributed by atoms with E-state index in [0.717, 1.165) is 17.4 Å². The van der Waals surface area contributed by atoms with Gasteiger partial charge in [-0.05, 0) is 69.1 Å². The summed E-state index contributed by atoms with van der Waals surface area (Å²) in [6.45, 7) is 10.6. The van der Waals surface area contributed by atoms with E-state index in [9.17, 15) is 0 Å². The standard InChI is InChI=1S/C18H26BClO4/c1-11-7-13(11)16-14(8-12(9-15(16)20)22-10-21-6)19-23-17(2,3)18(4,5)24-19/h8-9,11,13H,7,10H2,1-6H3. The van der Waals surface area contributed by atoms with Gasteiger partial charge in [-0.25, -0.2) is 0 Å². The monoisotopic (exact) mass is 352 g/mol. The minimum absolute atomic E-state index is 0.179. The number of rotatable bonds is 5. The van der Waals surface area contributed by atoms with Crippen molar-refractivity contribution in [3.8, 4) is 5.75 Å². The van der Waals surface area contributed by atoms with Gasteiger partial charge in [-0.15, -0.1) is 0 Å². The summed E-state index contributed by atoms with van der Waals surface area (Å²) in [6, 6.07) is 3.84. The largest absolute Gasteiger partial charge is 0.495 e. The van der Waals surface area contributed by atoms with Gasteiger partial charge in [0.2, 0.25) is 0 Å². The highest BCUT2D eigenvalue weighted by Crippen LogP contribution is 2.49. The fourth-order valence-corrected chi connectivity index (χ4v) is 3.46. The molecule has 0 radical (unpaired) electrons. The fourth-order valence-electron chi connectivity index (χ4n) is 3.10. The molecule has 2 unspecified atom stereocenters. The summed E-state index contributed by atoms with van der Waals surface area (Å²) in [5.41, 5.74) is 1.33. The van der Waals surface area contributed by atoms with Crippen LogP contribution in [0.25, 0.3) is 0 Å². The first-order valence-corrected chi connectivity index (χ1v) is 8.85. The molecule has 0 aromatic heterocycles. The summed E-state index contributed by atoms with van der Waals surface area (Å²) in [5.74, 6) is 1.76. The zero-order valence-corrected chi connectivity index (χ0v) is 16.1. The van der Waals surface area contributed by atoms with E-state index in [4.69, 9.17) is 30.4 Å². The normalized spacial score (nSPS) is 27.4. The molecule has 0 bridgehead atoms. The van der Waals surface area contributed by atoms with Crippen molar-refractivity contribution in [2.75, 3.05) is 13.9 Å². The van der Waals surface area contributed by atoms with Gasteiger partial charge in [0.15, 0.2) is 6.79 Å². The molecule has 1 saturated carbocycles. The quantitative estimate of drug-likeness (QED) is 0.597. The number of methoxy groups -OCH3 is 1. The van der Waals surface area contributed by atoms with E-state index in [1.165, 1.54) is 0 Å². The molecular weight excluding hydrogens is 326 g/mol. The second-order valence-corrected chi connectivity index (χ2v) is 8.27. The first kappa shape index (κ1) is 18.1. The predicted molar refractivity (Wildman–Crippen MR) is 96.2 cm³/mol. The highest BCUT2D eigenvalue weighted by molar-refractivity contribution is 6.63. The molecule has 24 heavy (non-hydrogen) atoms. The maximum atomic E-state index is 6.60. The van der Waals surface area contributed by atoms with Crippen LogP contribution in [-0.4, -0.2) is 32.2 Å². The van der Waals surface area contributed by atoms with E-state index in [1.807, 2.05) is 12.1 Å². The number of hydrogen-bond donors (Lipinski definition) is 0. The summed E-state index contributed by atoms with van der Waals surface area (Å²) in [6.07, 6.45) is 1.14. The lowest BCUT2D eigenvalue weighted by atomic mass is 9.74. The van der Waals surface area contributed by atoms with Gasteiger partial charge in [-0.2, -0.15) is 0 Å². The summed E-state index contributed by atoms with van der Waals surface area (Å²) in [7, 11) is 1.15. The molecule has 1 heterocycles. The van der Waals surface area contributed by atoms with Gasteiger partial charge in [0.25, 0.3) is 0 Å². The summed E-state index contributed by atoms with van der Waals surface area (Å²) >= 11 is 6.60. The highest BCUT2D eigenvalue weighted by Gasteiger charge is 2.53. The average molecular weight is 353 g/mol. The smallest absolute Gasteiger partial charge is 0.468 e. The van der Waals surface area contributed by atoms with Crippen LogP contribution in [0.1, 0.15) is 52.5 Å². The van der Waals surface area contributed by atoms with Crippen LogP contribution < -0.4 is 10.2 Å². The molecule has 0 spiro atoms. The lowest BCUT2D eigenvalue weighted by molar-refractivity contribution is 0.00578. The van der Waals surface area contributed by atoms with Crippen molar-refractivity contribution in [2.45, 2.75) is 58.2 Å². The number of halogens is 1. The molecule has 1 aromatic carbocycles. The lowest BCUT2D eigenvalue weighted by Gasteiger charge is -2.32. The first-order chi connectivity index (χ1) is 11.2. The van der Waals surface area contributed by atoms with E-state index < -0.39 is 7.12 Å². The maximum Gasteiger partial charge on any atom is 0.495 e. The van der Waals surface area contributed by atoms with E-state index in [-0.39, 0.29) is 18.0 Å². The Hall–Kier alpha value is -0.745. The molecule has 1 aliphatic heterocycles. The van der Waals surface area contributed by atoms with Gasteiger partial charge in [-0.1, -0.05) is 18.5 Å². The Morgan fingerprint density at radius 3 is 2.29 bits per heavy atom. The Morgan fingerprint density at radius 2 is 1.79 bits per heavy atom. The predicted octanol–water partition coefficient (Wildman–Crippen LogP) is 3.75. The van der Waals surface area contributed by atoms with Gasteiger partial charge in [-0.3, -0.25) is 0 Å². The zero-order chi connectivity index (χ0) is 17.7. The third kappa shape index (κ3) is 3.19. The minimum atomic E-state index is -0.443. The third-order valence-electron chi connectivity index (χ3n) is 5.47. The Kier molecular flexibility index (Phi) is 4.67. The summed E-state index contributed by atoms with van der Waals surface area (Å²) in [5, 5.41) is 0.711. The van der Waals surface area contributed by atoms with Gasteiger partial charge in [0.1, 0.15) is 5.75 Å². The Labute approximate surface area is 149 Å². The first-order valence-electron chi connectivity index (χ1n) is 8.47. The molecule has 0 amide bonds. The van der Waals surface area contributed by atoms with Crippen molar-refractivity contribution >= 4 is 24.2 Å². The Bertz CT molecular complexity index is 616. The SMILES string of the molecule is COCOc1cc(Cl)c(C2CC2C)c(B2OC(C)(C)C(C)(C)O2)c1. The molecule has 0 N–H and O–H groups in total. The molecule has 132 valence electrons. The molecule has 2 fully saturated rings. The Morgan fingerprint density at radius 1 is 1.21 bits per heavy atom. The maximum absolute atomic E-state index is 6.60. The minimum Gasteiger partial charge on any atom is -0.468 e. The van der Waals surface area contributed by atoms with E-state index in [1.54, 1.807) is 7.11 Å². The average Bonchev–Trinajstić information content (AvgIpc) is 3.13. The van der Waals surface area contributed by atoms with E-state index in [2.05, 4.69) is 34.6 Å². The Balaban J connectivity index is 2.00.